The molecule has 1 aliphatic rings. The smallest absolute Gasteiger partial charge is 0.330 e. The number of aromatic nitrogens is 5. The standard InChI is InChI=1S/C35H37N5O8/c1-23-17-40(34(43)36-32(23)42)33-30(41)31(47-21-25-12-8-5-9-13-25)35(48-33,22-46-20-24-10-6-4-7-11-24)29-19-39(38-37-29)18-26-14-15-27(44-2)16-28(26)45-3/h4-17,19,30-31,33,41H,18,20-22H2,1-3H3,(H,36,42,43)/t30-,31?,33+,35-/m0/s1. The van der Waals surface area contributed by atoms with E-state index in [1.807, 2.05) is 72.8 Å². The fourth-order valence-corrected chi connectivity index (χ4v) is 5.79. The minimum absolute atomic E-state index is 0.115. The number of aliphatic hydroxyl groups is 1. The Kier molecular flexibility index (Phi) is 9.82. The molecule has 0 bridgehead atoms. The number of nitrogens with zero attached hydrogens (tertiary/aromatic N) is 4. The van der Waals surface area contributed by atoms with E-state index in [1.54, 1.807) is 38.1 Å². The van der Waals surface area contributed by atoms with E-state index >= 15 is 0 Å². The van der Waals surface area contributed by atoms with Gasteiger partial charge in [-0.15, -0.1) is 5.10 Å². The molecule has 6 rings (SSSR count). The SMILES string of the molecule is COc1ccc(Cn2cc([C@]3(COCc4ccccc4)O[C@@H](n4cc(C)c(=O)[nH]c4=O)[C@@H](O)C3OCc3ccccc3)nn2)c(OC)c1. The molecule has 2 aromatic heterocycles. The van der Waals surface area contributed by atoms with Gasteiger partial charge in [0.1, 0.15) is 29.4 Å². The van der Waals surface area contributed by atoms with E-state index in [0.29, 0.717) is 23.7 Å². The van der Waals surface area contributed by atoms with Crippen molar-refractivity contribution in [1.29, 1.82) is 0 Å². The highest BCUT2D eigenvalue weighted by Gasteiger charge is 2.59. The third-order valence-electron chi connectivity index (χ3n) is 8.31. The first-order chi connectivity index (χ1) is 23.3. The molecule has 13 nitrogen and oxygen atoms in total. The van der Waals surface area contributed by atoms with E-state index in [0.717, 1.165) is 21.3 Å². The van der Waals surface area contributed by atoms with Gasteiger partial charge in [0.2, 0.25) is 0 Å². The molecule has 1 saturated heterocycles. The van der Waals surface area contributed by atoms with Crippen LogP contribution >= 0.6 is 0 Å². The van der Waals surface area contributed by atoms with E-state index in [4.69, 9.17) is 23.7 Å². The molecule has 2 N–H and O–H groups in total. The number of benzene rings is 3. The minimum atomic E-state index is -1.54. The van der Waals surface area contributed by atoms with Crippen molar-refractivity contribution in [3.63, 3.8) is 0 Å². The Balaban J connectivity index is 1.41. The first kappa shape index (κ1) is 32.8. The summed E-state index contributed by atoms with van der Waals surface area (Å²) in [6.45, 7) is 2.09. The number of rotatable bonds is 13. The van der Waals surface area contributed by atoms with Crippen LogP contribution < -0.4 is 20.7 Å². The maximum absolute atomic E-state index is 13.1. The molecule has 250 valence electrons. The molecule has 0 spiro atoms. The predicted molar refractivity (Wildman–Crippen MR) is 174 cm³/mol. The molecule has 4 atom stereocenters. The van der Waals surface area contributed by atoms with Crippen LogP contribution in [0.5, 0.6) is 11.5 Å². The molecule has 0 radical (unpaired) electrons. The van der Waals surface area contributed by atoms with Crippen molar-refractivity contribution in [2.45, 2.75) is 50.7 Å². The van der Waals surface area contributed by atoms with Crippen LogP contribution in [0.15, 0.2) is 101 Å². The third-order valence-corrected chi connectivity index (χ3v) is 8.31. The van der Waals surface area contributed by atoms with Crippen LogP contribution in [0.3, 0.4) is 0 Å². The van der Waals surface area contributed by atoms with Gasteiger partial charge < -0.3 is 28.8 Å². The topological polar surface area (TPSA) is 152 Å². The summed E-state index contributed by atoms with van der Waals surface area (Å²) in [5.74, 6) is 1.26. The van der Waals surface area contributed by atoms with Crippen LogP contribution in [-0.2, 0) is 39.6 Å². The van der Waals surface area contributed by atoms with Gasteiger partial charge in [-0.3, -0.25) is 14.3 Å². The van der Waals surface area contributed by atoms with E-state index < -0.39 is 35.3 Å². The largest absolute Gasteiger partial charge is 0.497 e. The Labute approximate surface area is 276 Å². The summed E-state index contributed by atoms with van der Waals surface area (Å²) >= 11 is 0. The lowest BCUT2D eigenvalue weighted by molar-refractivity contribution is -0.165. The van der Waals surface area contributed by atoms with Crippen molar-refractivity contribution in [3.05, 3.63) is 140 Å². The van der Waals surface area contributed by atoms with Crippen molar-refractivity contribution >= 4 is 0 Å². The average Bonchev–Trinajstić information content (AvgIpc) is 3.69. The molecule has 0 aliphatic carbocycles. The van der Waals surface area contributed by atoms with Gasteiger partial charge in [0.15, 0.2) is 11.8 Å². The molecular formula is C35H37N5O8. The zero-order chi connectivity index (χ0) is 33.7. The van der Waals surface area contributed by atoms with Crippen molar-refractivity contribution in [3.8, 4) is 11.5 Å². The zero-order valence-electron chi connectivity index (χ0n) is 26.8. The van der Waals surface area contributed by atoms with Crippen LogP contribution in [0.2, 0.25) is 0 Å². The van der Waals surface area contributed by atoms with Gasteiger partial charge in [-0.1, -0.05) is 65.9 Å². The predicted octanol–water partition coefficient (Wildman–Crippen LogP) is 3.09. The normalized spacial score (nSPS) is 20.5. The fraction of sp³-hybridized carbons (Fsp3) is 0.314. The van der Waals surface area contributed by atoms with E-state index in [2.05, 4.69) is 15.3 Å². The summed E-state index contributed by atoms with van der Waals surface area (Å²) in [7, 11) is 3.16. The van der Waals surface area contributed by atoms with Crippen LogP contribution in [0, 0.1) is 6.92 Å². The highest BCUT2D eigenvalue weighted by atomic mass is 16.6. The molecule has 3 heterocycles. The second kappa shape index (κ2) is 14.4. The minimum Gasteiger partial charge on any atom is -0.497 e. The quantitative estimate of drug-likeness (QED) is 0.194. The van der Waals surface area contributed by atoms with Gasteiger partial charge >= 0.3 is 5.69 Å². The first-order valence-electron chi connectivity index (χ1n) is 15.4. The first-order valence-corrected chi connectivity index (χ1v) is 15.4. The summed E-state index contributed by atoms with van der Waals surface area (Å²) in [5, 5.41) is 20.8. The number of nitrogens with one attached hydrogen (secondary N) is 1. The molecule has 1 fully saturated rings. The number of methoxy groups -OCH3 is 2. The third kappa shape index (κ3) is 6.80. The fourth-order valence-electron chi connectivity index (χ4n) is 5.79. The molecule has 0 amide bonds. The van der Waals surface area contributed by atoms with Crippen molar-refractivity contribution in [1.82, 2.24) is 24.5 Å². The Bertz CT molecular complexity index is 1940. The van der Waals surface area contributed by atoms with E-state index in [1.165, 1.54) is 6.20 Å². The lowest BCUT2D eigenvalue weighted by atomic mass is 9.92. The monoisotopic (exact) mass is 655 g/mol. The van der Waals surface area contributed by atoms with Crippen molar-refractivity contribution in [2.24, 2.45) is 0 Å². The van der Waals surface area contributed by atoms with Crippen LogP contribution in [0.4, 0.5) is 0 Å². The summed E-state index contributed by atoms with van der Waals surface area (Å²) in [6, 6.07) is 24.6. The second-order valence-corrected chi connectivity index (χ2v) is 11.5. The second-order valence-electron chi connectivity index (χ2n) is 11.5. The Morgan fingerprint density at radius 3 is 2.33 bits per heavy atom. The molecule has 3 aromatic carbocycles. The number of aryl methyl sites for hydroxylation is 1. The van der Waals surface area contributed by atoms with Gasteiger partial charge in [-0.2, -0.15) is 0 Å². The molecule has 0 saturated carbocycles. The molecule has 48 heavy (non-hydrogen) atoms. The van der Waals surface area contributed by atoms with Gasteiger partial charge in [0.25, 0.3) is 5.56 Å². The summed E-state index contributed by atoms with van der Waals surface area (Å²) in [6.07, 6.45) is -0.676. The zero-order valence-corrected chi connectivity index (χ0v) is 26.8. The highest BCUT2D eigenvalue weighted by molar-refractivity contribution is 5.41. The molecule has 5 aromatic rings. The average molecular weight is 656 g/mol. The Morgan fingerprint density at radius 2 is 1.65 bits per heavy atom. The summed E-state index contributed by atoms with van der Waals surface area (Å²) in [4.78, 5) is 27.6. The molecule has 13 heteroatoms. The number of H-pyrrole nitrogens is 1. The molecule has 1 aliphatic heterocycles. The maximum Gasteiger partial charge on any atom is 0.330 e. The Morgan fingerprint density at radius 1 is 0.938 bits per heavy atom. The summed E-state index contributed by atoms with van der Waals surface area (Å²) < 4.78 is 33.1. The molecular weight excluding hydrogens is 618 g/mol. The number of aliphatic hydroxyl groups excluding tert-OH is 1. The summed E-state index contributed by atoms with van der Waals surface area (Å²) in [5.41, 5.74) is 0.372. The maximum atomic E-state index is 13.1. The van der Waals surface area contributed by atoms with Crippen molar-refractivity contribution < 1.29 is 28.8 Å². The lowest BCUT2D eigenvalue weighted by Gasteiger charge is -2.32. The van der Waals surface area contributed by atoms with E-state index in [9.17, 15) is 14.7 Å². The van der Waals surface area contributed by atoms with Crippen LogP contribution in [0.1, 0.15) is 34.2 Å². The molecule has 1 unspecified atom stereocenters. The van der Waals surface area contributed by atoms with Gasteiger partial charge in [-0.05, 0) is 30.2 Å². The number of hydrogen-bond donors (Lipinski definition) is 2. The van der Waals surface area contributed by atoms with Gasteiger partial charge in [0.05, 0.1) is 46.8 Å². The van der Waals surface area contributed by atoms with Crippen LogP contribution in [-0.4, -0.2) is 62.7 Å². The lowest BCUT2D eigenvalue weighted by Crippen LogP contribution is -2.46. The van der Waals surface area contributed by atoms with Crippen LogP contribution in [0.25, 0.3) is 0 Å². The van der Waals surface area contributed by atoms with Crippen molar-refractivity contribution in [2.75, 3.05) is 20.8 Å². The number of ether oxygens (including phenoxy) is 5. The van der Waals surface area contributed by atoms with E-state index in [-0.39, 0.29) is 25.4 Å². The number of hydrogen-bond acceptors (Lipinski definition) is 10. The van der Waals surface area contributed by atoms with Gasteiger partial charge in [0, 0.05) is 23.4 Å². The highest BCUT2D eigenvalue weighted by Crippen LogP contribution is 2.45. The Hall–Kier alpha value is -5.08. The number of aromatic amines is 1. The van der Waals surface area contributed by atoms with Gasteiger partial charge in [-0.25, -0.2) is 9.48 Å².